The van der Waals surface area contributed by atoms with E-state index in [2.05, 4.69) is 18.3 Å². The van der Waals surface area contributed by atoms with E-state index < -0.39 is 0 Å². The van der Waals surface area contributed by atoms with Crippen molar-refractivity contribution in [3.63, 3.8) is 0 Å². The molecule has 0 spiro atoms. The van der Waals surface area contributed by atoms with Gasteiger partial charge in [0.2, 0.25) is 0 Å². The molecule has 0 amide bonds. The van der Waals surface area contributed by atoms with E-state index in [0.29, 0.717) is 0 Å². The van der Waals surface area contributed by atoms with Crippen molar-refractivity contribution in [3.8, 4) is 5.75 Å². The minimum atomic E-state index is 0.119. The Morgan fingerprint density at radius 2 is 2.09 bits per heavy atom. The van der Waals surface area contributed by atoms with Gasteiger partial charge in [0.25, 0.3) is 0 Å². The van der Waals surface area contributed by atoms with Crippen LogP contribution in [0.15, 0.2) is 18.2 Å². The largest absolute Gasteiger partial charge is 0.489 e. The molecule has 3 nitrogen and oxygen atoms in total. The van der Waals surface area contributed by atoms with Gasteiger partial charge in [-0.25, -0.2) is 0 Å². The van der Waals surface area contributed by atoms with Crippen LogP contribution >= 0.6 is 11.6 Å². The summed E-state index contributed by atoms with van der Waals surface area (Å²) in [5, 5.41) is 13.2. The molecule has 0 aromatic heterocycles. The van der Waals surface area contributed by atoms with E-state index in [1.807, 2.05) is 12.1 Å². The normalized spacial score (nSPS) is 21.2. The zero-order chi connectivity index (χ0) is 15.8. The van der Waals surface area contributed by atoms with Gasteiger partial charge in [-0.1, -0.05) is 50.3 Å². The van der Waals surface area contributed by atoms with Gasteiger partial charge in [-0.05, 0) is 30.5 Å². The summed E-state index contributed by atoms with van der Waals surface area (Å²) in [6.45, 7) is 3.18. The molecule has 124 valence electrons. The summed E-state index contributed by atoms with van der Waals surface area (Å²) in [6, 6.07) is 6.18. The molecule has 0 saturated carbocycles. The molecule has 1 saturated heterocycles. The molecule has 2 N–H and O–H groups in total. The summed E-state index contributed by atoms with van der Waals surface area (Å²) >= 11 is 6.38. The highest BCUT2D eigenvalue weighted by molar-refractivity contribution is 6.31. The second-order valence-corrected chi connectivity index (χ2v) is 6.59. The lowest BCUT2D eigenvalue weighted by molar-refractivity contribution is 0.206. The van der Waals surface area contributed by atoms with Crippen LogP contribution in [0.25, 0.3) is 0 Å². The average Bonchev–Trinajstić information content (AvgIpc) is 2.96. The van der Waals surface area contributed by atoms with Gasteiger partial charge in [-0.2, -0.15) is 0 Å². The third-order valence-electron chi connectivity index (χ3n) is 4.28. The highest BCUT2D eigenvalue weighted by Crippen LogP contribution is 2.26. The molecule has 22 heavy (non-hydrogen) atoms. The fraction of sp³-hybridized carbons (Fsp3) is 0.667. The maximum atomic E-state index is 9.13. The molecule has 2 atom stereocenters. The van der Waals surface area contributed by atoms with E-state index in [1.165, 1.54) is 37.7 Å². The number of aliphatic hydroxyl groups is 1. The number of hydrogen-bond acceptors (Lipinski definition) is 3. The average molecular weight is 326 g/mol. The fourth-order valence-corrected chi connectivity index (χ4v) is 3.19. The number of unbranched alkanes of at least 4 members (excludes halogenated alkanes) is 4. The standard InChI is InChI=1S/C18H28ClNO2/c1-2-3-4-5-6-7-14-8-9-16(11-18(14)19)22-17-10-15(13-21)20-12-17/h8-9,11,15,17,20-21H,2-7,10,12-13H2,1H3/t15-,17+/m0/s1. The van der Waals surface area contributed by atoms with Crippen LogP contribution in [0.2, 0.25) is 5.02 Å². The first-order chi connectivity index (χ1) is 10.7. The number of rotatable bonds is 9. The molecule has 1 heterocycles. The predicted octanol–water partition coefficient (Wildman–Crippen LogP) is 3.95. The van der Waals surface area contributed by atoms with Gasteiger partial charge in [0.1, 0.15) is 11.9 Å². The zero-order valence-electron chi connectivity index (χ0n) is 13.5. The second kappa shape index (κ2) is 9.39. The number of ether oxygens (including phenoxy) is 1. The first kappa shape index (κ1) is 17.6. The Hall–Kier alpha value is -0.770. The first-order valence-electron chi connectivity index (χ1n) is 8.52. The summed E-state index contributed by atoms with van der Waals surface area (Å²) in [4.78, 5) is 0. The minimum Gasteiger partial charge on any atom is -0.489 e. The van der Waals surface area contributed by atoms with Gasteiger partial charge < -0.3 is 15.2 Å². The van der Waals surface area contributed by atoms with Gasteiger partial charge in [0.15, 0.2) is 0 Å². The van der Waals surface area contributed by atoms with Gasteiger partial charge in [0.05, 0.1) is 6.61 Å². The van der Waals surface area contributed by atoms with Crippen molar-refractivity contribution in [3.05, 3.63) is 28.8 Å². The smallest absolute Gasteiger partial charge is 0.121 e. The SMILES string of the molecule is CCCCCCCc1ccc(O[C@H]2CN[C@H](CO)C2)cc1Cl. The summed E-state index contributed by atoms with van der Waals surface area (Å²) < 4.78 is 5.94. The Morgan fingerprint density at radius 1 is 1.27 bits per heavy atom. The number of halogens is 1. The Bertz CT molecular complexity index is 453. The lowest BCUT2D eigenvalue weighted by Gasteiger charge is -2.14. The third-order valence-corrected chi connectivity index (χ3v) is 4.63. The maximum absolute atomic E-state index is 9.13. The summed E-state index contributed by atoms with van der Waals surface area (Å²) in [5.74, 6) is 0.824. The Kier molecular flexibility index (Phi) is 7.50. The van der Waals surface area contributed by atoms with Gasteiger partial charge in [-0.3, -0.25) is 0 Å². The van der Waals surface area contributed by atoms with Crippen molar-refractivity contribution in [2.24, 2.45) is 0 Å². The van der Waals surface area contributed by atoms with Crippen LogP contribution in [-0.4, -0.2) is 30.4 Å². The van der Waals surface area contributed by atoms with Crippen molar-refractivity contribution >= 4 is 11.6 Å². The summed E-state index contributed by atoms with van der Waals surface area (Å²) in [7, 11) is 0. The first-order valence-corrected chi connectivity index (χ1v) is 8.90. The molecule has 0 unspecified atom stereocenters. The Morgan fingerprint density at radius 3 is 2.77 bits per heavy atom. The molecule has 0 radical (unpaired) electrons. The predicted molar refractivity (Wildman–Crippen MR) is 91.8 cm³/mol. The number of nitrogens with one attached hydrogen (secondary N) is 1. The van der Waals surface area contributed by atoms with Gasteiger partial charge in [-0.15, -0.1) is 0 Å². The van der Waals surface area contributed by atoms with Gasteiger partial charge >= 0.3 is 0 Å². The topological polar surface area (TPSA) is 41.5 Å². The fourth-order valence-electron chi connectivity index (χ4n) is 2.93. The minimum absolute atomic E-state index is 0.119. The molecule has 1 fully saturated rings. The zero-order valence-corrected chi connectivity index (χ0v) is 14.2. The van der Waals surface area contributed by atoms with Crippen LogP contribution in [0.1, 0.15) is 51.0 Å². The third kappa shape index (κ3) is 5.45. The van der Waals surface area contributed by atoms with E-state index in [9.17, 15) is 0 Å². The van der Waals surface area contributed by atoms with Crippen LogP contribution in [0, 0.1) is 0 Å². The number of benzene rings is 1. The van der Waals surface area contributed by atoms with Crippen molar-refractivity contribution < 1.29 is 9.84 Å². The number of aryl methyl sites for hydroxylation is 1. The lowest BCUT2D eigenvalue weighted by atomic mass is 10.1. The van der Waals surface area contributed by atoms with Crippen LogP contribution in [0.3, 0.4) is 0 Å². The molecule has 0 aliphatic carbocycles. The number of hydrogen-bond donors (Lipinski definition) is 2. The highest BCUT2D eigenvalue weighted by Gasteiger charge is 2.24. The molecule has 2 rings (SSSR count). The number of aliphatic hydroxyl groups excluding tert-OH is 1. The molecule has 1 aliphatic heterocycles. The molecule has 1 aromatic rings. The lowest BCUT2D eigenvalue weighted by Crippen LogP contribution is -2.25. The van der Waals surface area contributed by atoms with Crippen LogP contribution in [-0.2, 0) is 6.42 Å². The quantitative estimate of drug-likeness (QED) is 0.675. The summed E-state index contributed by atoms with van der Waals surface area (Å²) in [6.07, 6.45) is 8.39. The molecular weight excluding hydrogens is 298 g/mol. The molecule has 1 aromatic carbocycles. The van der Waals surface area contributed by atoms with E-state index in [-0.39, 0.29) is 18.8 Å². The van der Waals surface area contributed by atoms with Crippen LogP contribution in [0.5, 0.6) is 5.75 Å². The van der Waals surface area contributed by atoms with Crippen molar-refractivity contribution in [2.75, 3.05) is 13.2 Å². The molecule has 0 bridgehead atoms. The second-order valence-electron chi connectivity index (χ2n) is 6.18. The molecule has 4 heteroatoms. The Balaban J connectivity index is 1.79. The molecule has 1 aliphatic rings. The van der Waals surface area contributed by atoms with E-state index >= 15 is 0 Å². The van der Waals surface area contributed by atoms with E-state index in [4.69, 9.17) is 21.4 Å². The van der Waals surface area contributed by atoms with Crippen molar-refractivity contribution in [1.29, 1.82) is 0 Å². The van der Waals surface area contributed by atoms with Crippen molar-refractivity contribution in [1.82, 2.24) is 5.32 Å². The monoisotopic (exact) mass is 325 g/mol. The van der Waals surface area contributed by atoms with Crippen LogP contribution < -0.4 is 10.1 Å². The molecular formula is C18H28ClNO2. The maximum Gasteiger partial charge on any atom is 0.121 e. The van der Waals surface area contributed by atoms with E-state index in [0.717, 1.165) is 30.2 Å². The highest BCUT2D eigenvalue weighted by atomic mass is 35.5. The Labute approximate surface area is 139 Å². The summed E-state index contributed by atoms with van der Waals surface area (Å²) in [5.41, 5.74) is 1.21. The van der Waals surface area contributed by atoms with Gasteiger partial charge in [0, 0.05) is 24.0 Å². The van der Waals surface area contributed by atoms with Crippen molar-refractivity contribution in [2.45, 2.75) is 64.0 Å². The van der Waals surface area contributed by atoms with E-state index in [1.54, 1.807) is 0 Å². The van der Waals surface area contributed by atoms with Crippen LogP contribution in [0.4, 0.5) is 0 Å².